The van der Waals surface area contributed by atoms with Gasteiger partial charge in [0.25, 0.3) is 0 Å². The average molecular weight is 326 g/mol. The van der Waals surface area contributed by atoms with Crippen LogP contribution in [0.1, 0.15) is 36.0 Å². The normalized spacial score (nSPS) is 17.3. The molecule has 1 atom stereocenters. The molecule has 3 aromatic rings. The third-order valence-electron chi connectivity index (χ3n) is 4.02. The first kappa shape index (κ1) is 14.8. The molecule has 3 heterocycles. The van der Waals surface area contributed by atoms with Crippen LogP contribution in [0.3, 0.4) is 0 Å². The number of benzene rings is 1. The lowest BCUT2D eigenvalue weighted by molar-refractivity contribution is 0.0897. The Hall–Kier alpha value is -2.74. The van der Waals surface area contributed by atoms with Crippen LogP contribution in [0.4, 0.5) is 6.01 Å². The van der Waals surface area contributed by atoms with E-state index in [1.807, 2.05) is 19.1 Å². The van der Waals surface area contributed by atoms with Crippen LogP contribution in [-0.4, -0.2) is 31.6 Å². The van der Waals surface area contributed by atoms with Gasteiger partial charge in [-0.1, -0.05) is 17.2 Å². The largest absolute Gasteiger partial charge is 0.405 e. The molecule has 0 spiro atoms. The number of hydrogen-bond donors (Lipinski definition) is 1. The Labute approximate surface area is 138 Å². The van der Waals surface area contributed by atoms with E-state index in [0.29, 0.717) is 18.5 Å². The molecule has 4 rings (SSSR count). The van der Waals surface area contributed by atoms with Crippen molar-refractivity contribution in [3.8, 4) is 5.69 Å². The molecule has 0 radical (unpaired) electrons. The summed E-state index contributed by atoms with van der Waals surface area (Å²) in [6.07, 6.45) is 5.12. The fourth-order valence-corrected chi connectivity index (χ4v) is 2.80. The molecule has 0 saturated carbocycles. The molecular formula is C16H18N6O2. The summed E-state index contributed by atoms with van der Waals surface area (Å²) in [4.78, 5) is 3.97. The smallest absolute Gasteiger partial charge is 0.315 e. The number of anilines is 1. The summed E-state index contributed by atoms with van der Waals surface area (Å²) in [5, 5.41) is 15.4. The Kier molecular flexibility index (Phi) is 3.96. The summed E-state index contributed by atoms with van der Waals surface area (Å²) < 4.78 is 12.9. The molecule has 1 N–H and O–H groups in total. The topological polar surface area (TPSA) is 90.9 Å². The number of aromatic nitrogens is 5. The summed E-state index contributed by atoms with van der Waals surface area (Å²) >= 11 is 0. The van der Waals surface area contributed by atoms with Crippen LogP contribution in [-0.2, 0) is 11.3 Å². The zero-order valence-corrected chi connectivity index (χ0v) is 13.3. The summed E-state index contributed by atoms with van der Waals surface area (Å²) in [7, 11) is 0. The van der Waals surface area contributed by atoms with E-state index >= 15 is 0 Å². The highest BCUT2D eigenvalue weighted by atomic mass is 16.5. The molecule has 8 nitrogen and oxygen atoms in total. The van der Waals surface area contributed by atoms with Gasteiger partial charge in [0, 0.05) is 13.2 Å². The summed E-state index contributed by atoms with van der Waals surface area (Å²) in [5.74, 6) is 0.549. The standard InChI is InChI=1S/C16H18N6O2/c1-11-7-12(4-5-13(11)22-10-17-9-19-22)8-18-16-21-20-15(24-16)14-3-2-6-23-14/h4-5,7,9-10,14H,2-3,6,8H2,1H3,(H,18,21)/t14-/m1/s1. The molecule has 1 aromatic carbocycles. The van der Waals surface area contributed by atoms with Crippen molar-refractivity contribution in [3.05, 3.63) is 47.9 Å². The van der Waals surface area contributed by atoms with Gasteiger partial charge in [0.15, 0.2) is 0 Å². The molecule has 1 saturated heterocycles. The number of rotatable bonds is 5. The molecule has 2 aromatic heterocycles. The van der Waals surface area contributed by atoms with Gasteiger partial charge in [0.1, 0.15) is 18.8 Å². The Morgan fingerprint density at radius 3 is 3.04 bits per heavy atom. The van der Waals surface area contributed by atoms with Gasteiger partial charge in [-0.05, 0) is 37.0 Å². The average Bonchev–Trinajstić information content (AvgIpc) is 3.33. The second kappa shape index (κ2) is 6.40. The van der Waals surface area contributed by atoms with Crippen LogP contribution in [0.15, 0.2) is 35.3 Å². The lowest BCUT2D eigenvalue weighted by Crippen LogP contribution is -2.02. The number of nitrogens with one attached hydrogen (secondary N) is 1. The molecule has 1 aliphatic heterocycles. The molecule has 24 heavy (non-hydrogen) atoms. The number of nitrogens with zero attached hydrogens (tertiary/aromatic N) is 5. The second-order valence-corrected chi connectivity index (χ2v) is 5.76. The zero-order valence-electron chi connectivity index (χ0n) is 13.3. The van der Waals surface area contributed by atoms with E-state index in [4.69, 9.17) is 9.15 Å². The van der Waals surface area contributed by atoms with Crippen molar-refractivity contribution < 1.29 is 9.15 Å². The van der Waals surface area contributed by atoms with Gasteiger partial charge in [-0.2, -0.15) is 5.10 Å². The van der Waals surface area contributed by atoms with Crippen molar-refractivity contribution in [2.75, 3.05) is 11.9 Å². The van der Waals surface area contributed by atoms with E-state index in [1.54, 1.807) is 11.0 Å². The predicted molar refractivity (Wildman–Crippen MR) is 85.6 cm³/mol. The minimum atomic E-state index is -0.0581. The van der Waals surface area contributed by atoms with Crippen LogP contribution in [0.25, 0.3) is 5.69 Å². The SMILES string of the molecule is Cc1cc(CNc2nnc([C@H]3CCCO3)o2)ccc1-n1cncn1. The Morgan fingerprint density at radius 2 is 2.29 bits per heavy atom. The molecule has 0 bridgehead atoms. The van der Waals surface area contributed by atoms with Crippen molar-refractivity contribution in [3.63, 3.8) is 0 Å². The first-order valence-corrected chi connectivity index (χ1v) is 7.93. The molecule has 124 valence electrons. The lowest BCUT2D eigenvalue weighted by Gasteiger charge is -2.08. The van der Waals surface area contributed by atoms with Crippen molar-refractivity contribution in [1.82, 2.24) is 25.0 Å². The monoisotopic (exact) mass is 326 g/mol. The summed E-state index contributed by atoms with van der Waals surface area (Å²) in [6.45, 7) is 3.40. The molecule has 0 unspecified atom stereocenters. The number of ether oxygens (including phenoxy) is 1. The Balaban J connectivity index is 1.41. The van der Waals surface area contributed by atoms with Gasteiger partial charge in [0.05, 0.1) is 5.69 Å². The minimum Gasteiger partial charge on any atom is -0.405 e. The van der Waals surface area contributed by atoms with E-state index in [0.717, 1.165) is 36.3 Å². The van der Waals surface area contributed by atoms with E-state index < -0.39 is 0 Å². The first-order chi connectivity index (χ1) is 11.8. The van der Waals surface area contributed by atoms with E-state index in [9.17, 15) is 0 Å². The molecule has 0 aliphatic carbocycles. The van der Waals surface area contributed by atoms with E-state index in [-0.39, 0.29) is 6.10 Å². The van der Waals surface area contributed by atoms with Gasteiger partial charge >= 0.3 is 6.01 Å². The second-order valence-electron chi connectivity index (χ2n) is 5.76. The maximum absolute atomic E-state index is 5.62. The Bertz CT molecular complexity index is 808. The van der Waals surface area contributed by atoms with Gasteiger partial charge < -0.3 is 14.5 Å². The maximum atomic E-state index is 5.62. The van der Waals surface area contributed by atoms with Crippen molar-refractivity contribution >= 4 is 6.01 Å². The van der Waals surface area contributed by atoms with Crippen LogP contribution in [0.2, 0.25) is 0 Å². The number of aryl methyl sites for hydroxylation is 1. The van der Waals surface area contributed by atoms with E-state index in [1.165, 1.54) is 6.33 Å². The van der Waals surface area contributed by atoms with Gasteiger partial charge in [0.2, 0.25) is 5.89 Å². The zero-order chi connectivity index (χ0) is 16.4. The quantitative estimate of drug-likeness (QED) is 0.770. The van der Waals surface area contributed by atoms with Crippen LogP contribution in [0.5, 0.6) is 0 Å². The summed E-state index contributed by atoms with van der Waals surface area (Å²) in [6, 6.07) is 6.57. The molecule has 8 heteroatoms. The van der Waals surface area contributed by atoms with Gasteiger partial charge in [-0.15, -0.1) is 5.10 Å². The molecule has 1 fully saturated rings. The third-order valence-corrected chi connectivity index (χ3v) is 4.02. The van der Waals surface area contributed by atoms with Gasteiger partial charge in [-0.25, -0.2) is 9.67 Å². The first-order valence-electron chi connectivity index (χ1n) is 7.93. The van der Waals surface area contributed by atoms with Crippen LogP contribution in [0, 0.1) is 6.92 Å². The van der Waals surface area contributed by atoms with Crippen molar-refractivity contribution in [2.45, 2.75) is 32.4 Å². The maximum Gasteiger partial charge on any atom is 0.315 e. The Morgan fingerprint density at radius 1 is 1.33 bits per heavy atom. The molecule has 1 aliphatic rings. The third kappa shape index (κ3) is 3.00. The predicted octanol–water partition coefficient (Wildman–Crippen LogP) is 2.42. The highest BCUT2D eigenvalue weighted by molar-refractivity contribution is 5.42. The van der Waals surface area contributed by atoms with Crippen molar-refractivity contribution in [2.24, 2.45) is 0 Å². The highest BCUT2D eigenvalue weighted by Crippen LogP contribution is 2.28. The van der Waals surface area contributed by atoms with Crippen molar-refractivity contribution in [1.29, 1.82) is 0 Å². The number of hydrogen-bond acceptors (Lipinski definition) is 7. The van der Waals surface area contributed by atoms with Gasteiger partial charge in [-0.3, -0.25) is 0 Å². The highest BCUT2D eigenvalue weighted by Gasteiger charge is 2.23. The fraction of sp³-hybridized carbons (Fsp3) is 0.375. The van der Waals surface area contributed by atoms with Crippen LogP contribution < -0.4 is 5.32 Å². The summed E-state index contributed by atoms with van der Waals surface area (Å²) in [5.41, 5.74) is 3.24. The van der Waals surface area contributed by atoms with E-state index in [2.05, 4.69) is 31.7 Å². The fourth-order valence-electron chi connectivity index (χ4n) is 2.80. The molecular weight excluding hydrogens is 308 g/mol. The molecule has 0 amide bonds. The minimum absolute atomic E-state index is 0.0581. The lowest BCUT2D eigenvalue weighted by atomic mass is 10.1. The van der Waals surface area contributed by atoms with Crippen LogP contribution >= 0.6 is 0 Å².